The SMILES string of the molecule is C=C(O)CC(=O)N(Cc1ccc2ccccc2c1)c1ccc(Cl)cc1. The van der Waals surface area contributed by atoms with E-state index in [1.165, 1.54) is 0 Å². The molecule has 126 valence electrons. The second-order valence-electron chi connectivity index (χ2n) is 5.88. The van der Waals surface area contributed by atoms with Crippen LogP contribution in [0.25, 0.3) is 10.8 Å². The molecule has 3 nitrogen and oxygen atoms in total. The highest BCUT2D eigenvalue weighted by Gasteiger charge is 2.17. The monoisotopic (exact) mass is 351 g/mol. The zero-order chi connectivity index (χ0) is 17.8. The van der Waals surface area contributed by atoms with Crippen LogP contribution in [0.15, 0.2) is 79.1 Å². The highest BCUT2D eigenvalue weighted by Crippen LogP contribution is 2.23. The van der Waals surface area contributed by atoms with E-state index in [0.717, 1.165) is 22.0 Å². The number of nitrogens with zero attached hydrogens (tertiary/aromatic N) is 1. The van der Waals surface area contributed by atoms with Crippen molar-refractivity contribution < 1.29 is 9.90 Å². The first-order chi connectivity index (χ1) is 12.0. The lowest BCUT2D eigenvalue weighted by atomic mass is 10.1. The van der Waals surface area contributed by atoms with E-state index >= 15 is 0 Å². The number of hydrogen-bond acceptors (Lipinski definition) is 2. The van der Waals surface area contributed by atoms with Crippen molar-refractivity contribution in [3.8, 4) is 0 Å². The number of carbonyl (C=O) groups excluding carboxylic acids is 1. The fraction of sp³-hybridized carbons (Fsp3) is 0.0952. The summed E-state index contributed by atoms with van der Waals surface area (Å²) in [6.45, 7) is 3.82. The van der Waals surface area contributed by atoms with Gasteiger partial charge in [-0.1, -0.05) is 54.6 Å². The molecule has 0 saturated heterocycles. The first-order valence-corrected chi connectivity index (χ1v) is 8.31. The number of fused-ring (bicyclic) bond motifs is 1. The van der Waals surface area contributed by atoms with Crippen molar-refractivity contribution in [3.05, 3.63) is 89.7 Å². The van der Waals surface area contributed by atoms with Gasteiger partial charge in [-0.05, 0) is 46.7 Å². The first kappa shape index (κ1) is 17.1. The molecule has 4 heteroatoms. The van der Waals surface area contributed by atoms with Gasteiger partial charge in [0.1, 0.15) is 0 Å². The Morgan fingerprint density at radius 1 is 1.00 bits per heavy atom. The van der Waals surface area contributed by atoms with Gasteiger partial charge in [0.05, 0.1) is 18.7 Å². The van der Waals surface area contributed by atoms with Crippen LogP contribution in [-0.4, -0.2) is 11.0 Å². The zero-order valence-electron chi connectivity index (χ0n) is 13.7. The molecule has 1 N–H and O–H groups in total. The zero-order valence-corrected chi connectivity index (χ0v) is 14.4. The van der Waals surface area contributed by atoms with E-state index < -0.39 is 0 Å². The molecule has 25 heavy (non-hydrogen) atoms. The third-order valence-corrected chi connectivity index (χ3v) is 4.20. The molecule has 1 amide bonds. The summed E-state index contributed by atoms with van der Waals surface area (Å²) in [5, 5.41) is 12.3. The molecule has 0 aromatic heterocycles. The van der Waals surface area contributed by atoms with E-state index in [-0.39, 0.29) is 18.1 Å². The maximum atomic E-state index is 12.6. The summed E-state index contributed by atoms with van der Waals surface area (Å²) in [5.41, 5.74) is 1.73. The Bertz CT molecular complexity index is 919. The number of hydrogen-bond donors (Lipinski definition) is 1. The molecule has 0 unspecified atom stereocenters. The third-order valence-electron chi connectivity index (χ3n) is 3.95. The summed E-state index contributed by atoms with van der Waals surface area (Å²) in [5.74, 6) is -0.370. The summed E-state index contributed by atoms with van der Waals surface area (Å²) in [7, 11) is 0. The van der Waals surface area contributed by atoms with Crippen molar-refractivity contribution in [1.29, 1.82) is 0 Å². The fourth-order valence-electron chi connectivity index (χ4n) is 2.73. The molecule has 0 saturated carbocycles. The molecule has 3 rings (SSSR count). The quantitative estimate of drug-likeness (QED) is 0.617. The van der Waals surface area contributed by atoms with Gasteiger partial charge in [-0.3, -0.25) is 4.79 Å². The smallest absolute Gasteiger partial charge is 0.234 e. The average molecular weight is 352 g/mol. The number of aliphatic hydroxyl groups excluding tert-OH is 1. The lowest BCUT2D eigenvalue weighted by Gasteiger charge is -2.23. The summed E-state index contributed by atoms with van der Waals surface area (Å²) >= 11 is 5.95. The number of aliphatic hydroxyl groups is 1. The van der Waals surface area contributed by atoms with Crippen LogP contribution in [0.4, 0.5) is 5.69 Å². The number of halogens is 1. The minimum atomic E-state index is -0.219. The fourth-order valence-corrected chi connectivity index (χ4v) is 2.86. The molecular formula is C21H18ClNO2. The van der Waals surface area contributed by atoms with Crippen LogP contribution in [-0.2, 0) is 11.3 Å². The predicted octanol–water partition coefficient (Wildman–Crippen LogP) is 5.49. The molecule has 0 bridgehead atoms. The lowest BCUT2D eigenvalue weighted by molar-refractivity contribution is -0.118. The predicted molar refractivity (Wildman–Crippen MR) is 103 cm³/mol. The summed E-state index contributed by atoms with van der Waals surface area (Å²) < 4.78 is 0. The van der Waals surface area contributed by atoms with Gasteiger partial charge in [-0.25, -0.2) is 0 Å². The van der Waals surface area contributed by atoms with Crippen molar-refractivity contribution in [2.75, 3.05) is 4.90 Å². The van der Waals surface area contributed by atoms with Crippen molar-refractivity contribution in [3.63, 3.8) is 0 Å². The topological polar surface area (TPSA) is 40.5 Å². The maximum Gasteiger partial charge on any atom is 0.234 e. The number of benzene rings is 3. The maximum absolute atomic E-state index is 12.6. The number of anilines is 1. The normalized spacial score (nSPS) is 10.6. The van der Waals surface area contributed by atoms with Gasteiger partial charge in [-0.2, -0.15) is 0 Å². The standard InChI is InChI=1S/C21H18ClNO2/c1-15(24)12-21(25)23(20-10-8-19(22)9-11-20)14-16-6-7-17-4-2-3-5-18(17)13-16/h2-11,13,24H,1,12,14H2. The van der Waals surface area contributed by atoms with Gasteiger partial charge in [0.2, 0.25) is 5.91 Å². The van der Waals surface area contributed by atoms with Crippen LogP contribution in [0.1, 0.15) is 12.0 Å². The molecule has 0 radical (unpaired) electrons. The third kappa shape index (κ3) is 4.20. The number of amides is 1. The Morgan fingerprint density at radius 2 is 1.68 bits per heavy atom. The molecule has 0 spiro atoms. The van der Waals surface area contributed by atoms with Crippen LogP contribution in [0.5, 0.6) is 0 Å². The van der Waals surface area contributed by atoms with E-state index in [1.54, 1.807) is 29.2 Å². The van der Waals surface area contributed by atoms with Crippen LogP contribution < -0.4 is 4.90 Å². The van der Waals surface area contributed by atoms with E-state index in [2.05, 4.69) is 18.7 Å². The Kier molecular flexibility index (Phi) is 5.05. The summed E-state index contributed by atoms with van der Waals surface area (Å²) in [6.07, 6.45) is -0.115. The van der Waals surface area contributed by atoms with E-state index in [0.29, 0.717) is 11.6 Å². The minimum Gasteiger partial charge on any atom is -0.512 e. The second-order valence-corrected chi connectivity index (χ2v) is 6.32. The van der Waals surface area contributed by atoms with Gasteiger partial charge in [0.25, 0.3) is 0 Å². The van der Waals surface area contributed by atoms with E-state index in [1.807, 2.05) is 30.3 Å². The number of rotatable bonds is 5. The van der Waals surface area contributed by atoms with Gasteiger partial charge in [0.15, 0.2) is 0 Å². The molecule has 0 heterocycles. The Hall–Kier alpha value is -2.78. The molecule has 0 fully saturated rings. The highest BCUT2D eigenvalue weighted by molar-refractivity contribution is 6.30. The van der Waals surface area contributed by atoms with Crippen molar-refractivity contribution in [2.24, 2.45) is 0 Å². The lowest BCUT2D eigenvalue weighted by Crippen LogP contribution is -2.30. The van der Waals surface area contributed by atoms with Crippen LogP contribution >= 0.6 is 11.6 Å². The molecule has 3 aromatic rings. The minimum absolute atomic E-state index is 0.115. The van der Waals surface area contributed by atoms with Crippen LogP contribution in [0, 0.1) is 0 Å². The Labute approximate surface area is 151 Å². The molecule has 0 aliphatic heterocycles. The summed E-state index contributed by atoms with van der Waals surface area (Å²) in [6, 6.07) is 21.3. The average Bonchev–Trinajstić information content (AvgIpc) is 2.60. The second kappa shape index (κ2) is 7.41. The van der Waals surface area contributed by atoms with E-state index in [4.69, 9.17) is 11.6 Å². The molecular weight excluding hydrogens is 334 g/mol. The van der Waals surface area contributed by atoms with Gasteiger partial charge in [-0.15, -0.1) is 0 Å². The Morgan fingerprint density at radius 3 is 2.36 bits per heavy atom. The molecule has 0 aliphatic rings. The largest absolute Gasteiger partial charge is 0.512 e. The first-order valence-electron chi connectivity index (χ1n) is 7.93. The van der Waals surface area contributed by atoms with E-state index in [9.17, 15) is 9.90 Å². The Balaban J connectivity index is 1.93. The van der Waals surface area contributed by atoms with Crippen molar-refractivity contribution >= 4 is 34.0 Å². The molecule has 0 atom stereocenters. The van der Waals surface area contributed by atoms with Crippen molar-refractivity contribution in [2.45, 2.75) is 13.0 Å². The van der Waals surface area contributed by atoms with Gasteiger partial charge in [0, 0.05) is 10.7 Å². The van der Waals surface area contributed by atoms with Gasteiger partial charge >= 0.3 is 0 Å². The van der Waals surface area contributed by atoms with Gasteiger partial charge < -0.3 is 10.0 Å². The summed E-state index contributed by atoms with van der Waals surface area (Å²) in [4.78, 5) is 14.2. The molecule has 3 aromatic carbocycles. The number of carbonyl (C=O) groups is 1. The van der Waals surface area contributed by atoms with Crippen LogP contribution in [0.2, 0.25) is 5.02 Å². The molecule has 0 aliphatic carbocycles. The van der Waals surface area contributed by atoms with Crippen LogP contribution in [0.3, 0.4) is 0 Å². The highest BCUT2D eigenvalue weighted by atomic mass is 35.5. The van der Waals surface area contributed by atoms with Crippen molar-refractivity contribution in [1.82, 2.24) is 0 Å².